The van der Waals surface area contributed by atoms with Crippen LogP contribution >= 0.6 is 0 Å². The van der Waals surface area contributed by atoms with Crippen LogP contribution in [0.25, 0.3) is 16.5 Å². The average Bonchev–Trinajstić information content (AvgIpc) is 3.60. The van der Waals surface area contributed by atoms with Crippen molar-refractivity contribution in [3.05, 3.63) is 53.8 Å². The van der Waals surface area contributed by atoms with Gasteiger partial charge >= 0.3 is 0 Å². The summed E-state index contributed by atoms with van der Waals surface area (Å²) in [4.78, 5) is 17.1. The predicted octanol–water partition coefficient (Wildman–Crippen LogP) is 4.16. The maximum atomic E-state index is 5.18. The predicted molar refractivity (Wildman–Crippen MR) is 135 cm³/mol. The van der Waals surface area contributed by atoms with Crippen LogP contribution in [0.5, 0.6) is 0 Å². The molecule has 1 saturated heterocycles. The molecule has 4 heterocycles. The molecular formula is C26H33N7. The zero-order valence-corrected chi connectivity index (χ0v) is 20.0. The van der Waals surface area contributed by atoms with E-state index in [1.54, 1.807) is 6.21 Å². The van der Waals surface area contributed by atoms with Crippen molar-refractivity contribution in [2.24, 2.45) is 10.5 Å². The number of nitrogens with one attached hydrogen (secondary N) is 2. The number of rotatable bonds is 3. The van der Waals surface area contributed by atoms with Crippen LogP contribution in [0.1, 0.15) is 57.8 Å². The van der Waals surface area contributed by atoms with Crippen molar-refractivity contribution in [1.82, 2.24) is 25.7 Å². The number of allylic oxidation sites excluding steroid dienone is 5. The molecule has 1 unspecified atom stereocenters. The first-order chi connectivity index (χ1) is 15.8. The summed E-state index contributed by atoms with van der Waals surface area (Å²) in [6.07, 6.45) is 12.1. The minimum Gasteiger partial charge on any atom is -0.353 e. The highest BCUT2D eigenvalue weighted by Gasteiger charge is 2.30. The van der Waals surface area contributed by atoms with Crippen LogP contribution in [0.15, 0.2) is 47.5 Å². The van der Waals surface area contributed by atoms with Gasteiger partial charge in [0.05, 0.1) is 11.7 Å². The normalized spacial score (nSPS) is 26.0. The van der Waals surface area contributed by atoms with Gasteiger partial charge in [-0.1, -0.05) is 27.4 Å². The molecule has 2 aliphatic heterocycles. The maximum Gasteiger partial charge on any atom is 0.162 e. The van der Waals surface area contributed by atoms with E-state index in [-0.39, 0.29) is 5.41 Å². The average molecular weight is 444 g/mol. The van der Waals surface area contributed by atoms with Gasteiger partial charge in [-0.15, -0.1) is 0 Å². The van der Waals surface area contributed by atoms with Gasteiger partial charge in [-0.2, -0.15) is 5.10 Å². The van der Waals surface area contributed by atoms with E-state index in [2.05, 4.69) is 66.1 Å². The topological polar surface area (TPSA) is 78.3 Å². The Kier molecular flexibility index (Phi) is 5.52. The molecule has 2 aromatic rings. The van der Waals surface area contributed by atoms with Crippen molar-refractivity contribution < 1.29 is 0 Å². The van der Waals surface area contributed by atoms with Gasteiger partial charge in [-0.3, -0.25) is 10.4 Å². The molecule has 0 aromatic carbocycles. The molecule has 5 rings (SSSR count). The third-order valence-electron chi connectivity index (χ3n) is 6.52. The third-order valence-corrected chi connectivity index (χ3v) is 6.52. The van der Waals surface area contributed by atoms with Gasteiger partial charge in [0.2, 0.25) is 0 Å². The van der Waals surface area contributed by atoms with Crippen LogP contribution in [0.3, 0.4) is 0 Å². The Labute approximate surface area is 195 Å². The lowest BCUT2D eigenvalue weighted by Crippen LogP contribution is -2.49. The standard InChI is InChI=1S/C26H33N7/c1-16-12-22(26(3,4)5)32-29-9-8-19(16)24-30-21-14-27-13-20(18-6-7-18)23(21)25(31-24)33-11-10-28-17(2)15-33/h8-9,12-14,17-18,28,32H,1,6-7,10-11,15H2,2-5H3/b19-8+,22-12-,29-9-. The minimum atomic E-state index is -0.0852. The van der Waals surface area contributed by atoms with E-state index in [1.165, 1.54) is 18.4 Å². The molecule has 0 amide bonds. The summed E-state index contributed by atoms with van der Waals surface area (Å²) in [5, 5.41) is 9.07. The smallest absolute Gasteiger partial charge is 0.162 e. The quantitative estimate of drug-likeness (QED) is 0.742. The largest absolute Gasteiger partial charge is 0.353 e. The molecule has 0 spiro atoms. The summed E-state index contributed by atoms with van der Waals surface area (Å²) in [6, 6.07) is 0.407. The number of piperazine rings is 1. The third kappa shape index (κ3) is 4.42. The van der Waals surface area contributed by atoms with Crippen molar-refractivity contribution in [3.8, 4) is 0 Å². The Hall–Kier alpha value is -3.06. The second-order valence-electron chi connectivity index (χ2n) is 10.4. The minimum absolute atomic E-state index is 0.0852. The van der Waals surface area contributed by atoms with Crippen molar-refractivity contribution in [2.75, 3.05) is 24.5 Å². The van der Waals surface area contributed by atoms with E-state index < -0.39 is 0 Å². The summed E-state index contributed by atoms with van der Waals surface area (Å²) in [5.74, 6) is 2.25. The maximum absolute atomic E-state index is 5.18. The van der Waals surface area contributed by atoms with E-state index in [0.717, 1.165) is 53.2 Å². The van der Waals surface area contributed by atoms with Gasteiger partial charge < -0.3 is 10.2 Å². The van der Waals surface area contributed by atoms with Gasteiger partial charge in [-0.05, 0) is 49.0 Å². The van der Waals surface area contributed by atoms with Crippen molar-refractivity contribution in [2.45, 2.75) is 52.5 Å². The fourth-order valence-electron chi connectivity index (χ4n) is 4.48. The highest BCUT2D eigenvalue weighted by atomic mass is 15.3. The molecule has 7 heteroatoms. The number of aromatic nitrogens is 3. The van der Waals surface area contributed by atoms with Crippen molar-refractivity contribution in [1.29, 1.82) is 0 Å². The number of hydrazone groups is 1. The zero-order valence-electron chi connectivity index (χ0n) is 20.0. The molecule has 0 radical (unpaired) electrons. The molecule has 33 heavy (non-hydrogen) atoms. The molecule has 1 aliphatic carbocycles. The Balaban J connectivity index is 1.66. The van der Waals surface area contributed by atoms with Gasteiger partial charge in [0.1, 0.15) is 5.82 Å². The Bertz CT molecular complexity index is 1180. The van der Waals surface area contributed by atoms with Gasteiger partial charge in [0.25, 0.3) is 0 Å². The lowest BCUT2D eigenvalue weighted by molar-refractivity contribution is 0.465. The van der Waals surface area contributed by atoms with Crippen molar-refractivity contribution >= 4 is 28.5 Å². The first-order valence-corrected chi connectivity index (χ1v) is 11.9. The highest BCUT2D eigenvalue weighted by Crippen LogP contribution is 2.45. The summed E-state index contributed by atoms with van der Waals surface area (Å²) in [5.41, 5.74) is 7.99. The molecule has 2 aromatic heterocycles. The summed E-state index contributed by atoms with van der Waals surface area (Å²) < 4.78 is 0. The Morgan fingerprint density at radius 3 is 2.70 bits per heavy atom. The first kappa shape index (κ1) is 21.8. The monoisotopic (exact) mass is 443 g/mol. The zero-order chi connectivity index (χ0) is 23.2. The second-order valence-corrected chi connectivity index (χ2v) is 10.4. The lowest BCUT2D eigenvalue weighted by atomic mass is 9.89. The van der Waals surface area contributed by atoms with Crippen molar-refractivity contribution in [3.63, 3.8) is 0 Å². The van der Waals surface area contributed by atoms with Crippen LogP contribution in [-0.2, 0) is 0 Å². The Morgan fingerprint density at radius 1 is 1.15 bits per heavy atom. The molecule has 1 saturated carbocycles. The molecular weight excluding hydrogens is 410 g/mol. The van der Waals surface area contributed by atoms with Crippen LogP contribution < -0.4 is 15.6 Å². The van der Waals surface area contributed by atoms with E-state index in [1.807, 2.05) is 18.5 Å². The van der Waals surface area contributed by atoms with E-state index in [9.17, 15) is 0 Å². The molecule has 2 fully saturated rings. The number of fused-ring (bicyclic) bond motifs is 1. The fraction of sp³-hybridized carbons (Fsp3) is 0.462. The lowest BCUT2D eigenvalue weighted by Gasteiger charge is -2.34. The summed E-state index contributed by atoms with van der Waals surface area (Å²) in [7, 11) is 0. The fourth-order valence-corrected chi connectivity index (χ4v) is 4.48. The van der Waals surface area contributed by atoms with E-state index in [4.69, 9.17) is 9.97 Å². The first-order valence-electron chi connectivity index (χ1n) is 11.9. The number of pyridine rings is 1. The van der Waals surface area contributed by atoms with Crippen LogP contribution in [0, 0.1) is 5.41 Å². The molecule has 2 N–H and O–H groups in total. The number of anilines is 1. The summed E-state index contributed by atoms with van der Waals surface area (Å²) in [6.45, 7) is 15.8. The highest BCUT2D eigenvalue weighted by molar-refractivity contribution is 5.96. The molecule has 3 aliphatic rings. The summed E-state index contributed by atoms with van der Waals surface area (Å²) >= 11 is 0. The molecule has 0 bridgehead atoms. The van der Waals surface area contributed by atoms with Gasteiger partial charge in [0.15, 0.2) is 5.82 Å². The van der Waals surface area contributed by atoms with Crippen LogP contribution in [0.4, 0.5) is 5.82 Å². The molecule has 1 atom stereocenters. The SMILES string of the molecule is C=C1/C=C(/C(C)(C)C)N/N=C\C=C/1c1nc(N2CCNC(C)C2)c2c(C3CC3)cncc2n1. The van der Waals surface area contributed by atoms with E-state index in [0.29, 0.717) is 17.8 Å². The number of hydrogen-bond donors (Lipinski definition) is 2. The number of hydrogen-bond acceptors (Lipinski definition) is 7. The van der Waals surface area contributed by atoms with Crippen LogP contribution in [-0.4, -0.2) is 46.8 Å². The van der Waals surface area contributed by atoms with Crippen LogP contribution in [0.2, 0.25) is 0 Å². The molecule has 7 nitrogen and oxygen atoms in total. The number of nitrogens with zero attached hydrogens (tertiary/aromatic N) is 5. The van der Waals surface area contributed by atoms with Gasteiger partial charge in [-0.25, -0.2) is 9.97 Å². The van der Waals surface area contributed by atoms with Gasteiger partial charge in [0, 0.05) is 60.2 Å². The Morgan fingerprint density at radius 2 is 1.97 bits per heavy atom. The van der Waals surface area contributed by atoms with E-state index >= 15 is 0 Å². The molecule has 172 valence electrons. The second kappa shape index (κ2) is 8.37.